The van der Waals surface area contributed by atoms with Gasteiger partial charge in [-0.1, -0.05) is 11.9 Å². The van der Waals surface area contributed by atoms with Gasteiger partial charge in [-0.05, 0) is 105 Å². The molecular weight excluding hydrogens is 628 g/mol. The number of hydrogen-bond acceptors (Lipinski definition) is 8. The molecule has 0 aromatic heterocycles. The minimum Gasteiger partial charge on any atom is -0.421 e. The van der Waals surface area contributed by atoms with Gasteiger partial charge in [-0.15, -0.1) is 0 Å². The zero-order valence-corrected chi connectivity index (χ0v) is 26.4. The summed E-state index contributed by atoms with van der Waals surface area (Å²) in [5.74, 6) is -1.31. The summed E-state index contributed by atoms with van der Waals surface area (Å²) in [7, 11) is 0. The second kappa shape index (κ2) is 11.6. The predicted molar refractivity (Wildman–Crippen MR) is 164 cm³/mol. The molecule has 0 aliphatic carbocycles. The Balaban J connectivity index is 1.07. The Morgan fingerprint density at radius 2 is 1.57 bits per heavy atom. The lowest BCUT2D eigenvalue weighted by Crippen LogP contribution is -2.52. The summed E-state index contributed by atoms with van der Waals surface area (Å²) in [6.45, 7) is 7.89. The molecular formula is C32H34F4N4O5S. The number of nitrogens with one attached hydrogen (secondary N) is 1. The highest BCUT2D eigenvalue weighted by Gasteiger charge is 2.66. The van der Waals surface area contributed by atoms with Gasteiger partial charge >= 0.3 is 12.2 Å². The lowest BCUT2D eigenvalue weighted by molar-refractivity contribution is -0.391. The summed E-state index contributed by atoms with van der Waals surface area (Å²) < 4.78 is 64.8. The number of aryl methyl sites for hydroxylation is 2. The Morgan fingerprint density at radius 1 is 0.957 bits per heavy atom. The van der Waals surface area contributed by atoms with Crippen molar-refractivity contribution in [3.63, 3.8) is 0 Å². The smallest absolute Gasteiger partial charge is 0.421 e. The highest BCUT2D eigenvalue weighted by Crippen LogP contribution is 2.47. The maximum Gasteiger partial charge on any atom is 0.507 e. The van der Waals surface area contributed by atoms with Gasteiger partial charge < -0.3 is 24.8 Å². The third-order valence-electron chi connectivity index (χ3n) is 8.98. The molecule has 0 unspecified atom stereocenters. The number of alkyl halides is 4. The topological polar surface area (TPSA) is 104 Å². The van der Waals surface area contributed by atoms with Gasteiger partial charge in [0.15, 0.2) is 11.5 Å². The molecule has 6 rings (SSSR count). The molecule has 46 heavy (non-hydrogen) atoms. The van der Waals surface area contributed by atoms with E-state index in [1.165, 1.54) is 18.0 Å². The standard InChI is InChI=1S/C32H34F4N4O5S/c1-19-16-22(27(41)39-11-7-29(3,43)8-12-39)17-20(2)23(19)6-15-46-40-13-9-30(10-14-40)28(42)37-26(38-30)21-4-5-24-25(18-21)45-32(35,36)31(33,34)44-24/h4-6,15-18,43H,7-14H2,1-3H3,(H,37,38,42)/b15-6+. The van der Waals surface area contributed by atoms with Crippen LogP contribution in [0.3, 0.4) is 0 Å². The van der Waals surface area contributed by atoms with E-state index < -0.39 is 34.9 Å². The summed E-state index contributed by atoms with van der Waals surface area (Å²) in [4.78, 5) is 32.5. The molecule has 9 nitrogen and oxygen atoms in total. The van der Waals surface area contributed by atoms with Crippen molar-refractivity contribution in [2.24, 2.45) is 4.99 Å². The monoisotopic (exact) mass is 662 g/mol. The zero-order chi connectivity index (χ0) is 33.1. The molecule has 246 valence electrons. The molecule has 0 saturated carbocycles. The summed E-state index contributed by atoms with van der Waals surface area (Å²) >= 11 is 1.51. The first-order valence-corrected chi connectivity index (χ1v) is 15.8. The van der Waals surface area contributed by atoms with E-state index in [9.17, 15) is 32.3 Å². The van der Waals surface area contributed by atoms with Crippen LogP contribution in [0.5, 0.6) is 11.5 Å². The quantitative estimate of drug-likeness (QED) is 0.332. The van der Waals surface area contributed by atoms with Crippen LogP contribution in [0, 0.1) is 13.8 Å². The molecule has 2 saturated heterocycles. The number of ether oxygens (including phenoxy) is 2. The molecule has 0 bridgehead atoms. The van der Waals surface area contributed by atoms with Crippen LogP contribution in [0.25, 0.3) is 6.08 Å². The fourth-order valence-electron chi connectivity index (χ4n) is 6.09. The number of hydrogen-bond donors (Lipinski definition) is 2. The van der Waals surface area contributed by atoms with E-state index >= 15 is 0 Å². The molecule has 1 spiro atoms. The van der Waals surface area contributed by atoms with Crippen molar-refractivity contribution in [1.29, 1.82) is 0 Å². The minimum atomic E-state index is -4.85. The first kappa shape index (κ1) is 32.3. The van der Waals surface area contributed by atoms with Crippen molar-refractivity contribution in [1.82, 2.24) is 14.5 Å². The van der Waals surface area contributed by atoms with Crippen LogP contribution < -0.4 is 14.8 Å². The van der Waals surface area contributed by atoms with Gasteiger partial charge in [-0.2, -0.15) is 17.6 Å². The second-order valence-electron chi connectivity index (χ2n) is 12.5. The van der Waals surface area contributed by atoms with Crippen molar-refractivity contribution >= 4 is 35.7 Å². The van der Waals surface area contributed by atoms with E-state index in [-0.39, 0.29) is 23.2 Å². The van der Waals surface area contributed by atoms with Crippen LogP contribution in [0.2, 0.25) is 0 Å². The number of rotatable bonds is 5. The number of piperidine rings is 2. The van der Waals surface area contributed by atoms with Gasteiger partial charge in [0.05, 0.1) is 5.60 Å². The molecule has 0 radical (unpaired) electrons. The van der Waals surface area contributed by atoms with Crippen molar-refractivity contribution < 1.29 is 41.7 Å². The van der Waals surface area contributed by atoms with Gasteiger partial charge in [0.2, 0.25) is 0 Å². The Hall–Kier alpha value is -3.62. The number of benzene rings is 2. The maximum absolute atomic E-state index is 13.7. The number of halogens is 4. The number of fused-ring (bicyclic) bond motifs is 1. The highest BCUT2D eigenvalue weighted by atomic mass is 32.2. The van der Waals surface area contributed by atoms with E-state index in [1.807, 2.05) is 37.5 Å². The molecule has 0 atom stereocenters. The summed E-state index contributed by atoms with van der Waals surface area (Å²) in [5.41, 5.74) is 2.08. The highest BCUT2D eigenvalue weighted by molar-refractivity contribution is 8.00. The average Bonchev–Trinajstić information content (AvgIpc) is 3.30. The average molecular weight is 663 g/mol. The zero-order valence-electron chi connectivity index (χ0n) is 25.5. The van der Waals surface area contributed by atoms with Crippen molar-refractivity contribution in [2.75, 3.05) is 26.2 Å². The molecule has 4 heterocycles. The van der Waals surface area contributed by atoms with Crippen LogP contribution in [-0.2, 0) is 4.79 Å². The van der Waals surface area contributed by atoms with Gasteiger partial charge in [-0.25, -0.2) is 4.31 Å². The predicted octanol–water partition coefficient (Wildman–Crippen LogP) is 5.28. The van der Waals surface area contributed by atoms with Crippen LogP contribution in [0.4, 0.5) is 17.6 Å². The molecule has 2 aromatic carbocycles. The second-order valence-corrected chi connectivity index (χ2v) is 13.5. The van der Waals surface area contributed by atoms with Crippen molar-refractivity contribution in [2.45, 2.75) is 69.8 Å². The molecule has 14 heteroatoms. The number of carbonyl (C=O) groups excluding carboxylic acids is 2. The number of aliphatic imine (C=N–C) groups is 1. The van der Waals surface area contributed by atoms with E-state index in [2.05, 4.69) is 24.1 Å². The summed E-state index contributed by atoms with van der Waals surface area (Å²) in [6, 6.07) is 7.32. The molecule has 2 fully saturated rings. The minimum absolute atomic E-state index is 0.0317. The number of carbonyl (C=O) groups is 2. The molecule has 4 aliphatic rings. The Kier molecular flexibility index (Phi) is 8.13. The van der Waals surface area contributed by atoms with Gasteiger partial charge in [0, 0.05) is 37.3 Å². The summed E-state index contributed by atoms with van der Waals surface area (Å²) in [6.07, 6.45) is -5.72. The van der Waals surface area contributed by atoms with E-state index in [0.29, 0.717) is 57.4 Å². The lowest BCUT2D eigenvalue weighted by Gasteiger charge is -2.36. The number of nitrogens with zero attached hydrogens (tertiary/aromatic N) is 3. The third-order valence-corrected chi connectivity index (χ3v) is 9.90. The van der Waals surface area contributed by atoms with Crippen LogP contribution in [0.1, 0.15) is 65.2 Å². The van der Waals surface area contributed by atoms with E-state index in [1.54, 1.807) is 11.8 Å². The fraction of sp³-hybridized carbons (Fsp3) is 0.469. The van der Waals surface area contributed by atoms with Crippen LogP contribution >= 0.6 is 11.9 Å². The first-order chi connectivity index (χ1) is 21.6. The van der Waals surface area contributed by atoms with Gasteiger partial charge in [-0.3, -0.25) is 14.6 Å². The number of likely N-dealkylation sites (tertiary alicyclic amines) is 1. The summed E-state index contributed by atoms with van der Waals surface area (Å²) in [5, 5.41) is 14.9. The van der Waals surface area contributed by atoms with Crippen molar-refractivity contribution in [3.8, 4) is 11.5 Å². The van der Waals surface area contributed by atoms with Gasteiger partial charge in [0.25, 0.3) is 11.8 Å². The number of amidine groups is 1. The normalized spacial score (nSPS) is 23.0. The molecule has 2 N–H and O–H groups in total. The number of amides is 2. The number of aliphatic hydroxyl groups is 1. The third kappa shape index (κ3) is 6.09. The SMILES string of the molecule is Cc1cc(C(=O)N2CCC(C)(O)CC2)cc(C)c1/C=C/SN1CCC2(CC1)N=C(c1ccc3c(c1)OC(F)(F)C(F)(F)O3)NC2=O. The fourth-order valence-corrected chi connectivity index (χ4v) is 6.85. The Morgan fingerprint density at radius 3 is 2.20 bits per heavy atom. The van der Waals surface area contributed by atoms with E-state index in [0.717, 1.165) is 28.8 Å². The Bertz CT molecular complexity index is 1610. The largest absolute Gasteiger partial charge is 0.507 e. The van der Waals surface area contributed by atoms with Gasteiger partial charge in [0.1, 0.15) is 11.4 Å². The molecule has 2 aromatic rings. The molecule has 4 aliphatic heterocycles. The van der Waals surface area contributed by atoms with Crippen LogP contribution in [-0.4, -0.2) is 81.5 Å². The maximum atomic E-state index is 13.7. The van der Waals surface area contributed by atoms with E-state index in [4.69, 9.17) is 0 Å². The lowest BCUT2D eigenvalue weighted by atomic mass is 9.89. The first-order valence-electron chi connectivity index (χ1n) is 15.0. The van der Waals surface area contributed by atoms with Crippen LogP contribution in [0.15, 0.2) is 40.7 Å². The molecule has 2 amide bonds. The Labute approximate surface area is 267 Å². The van der Waals surface area contributed by atoms with Crippen molar-refractivity contribution in [3.05, 3.63) is 63.6 Å².